The topological polar surface area (TPSA) is 77.9 Å². The number of benzene rings is 1. The fraction of sp³-hybridized carbons (Fsp3) is 0.562. The summed E-state index contributed by atoms with van der Waals surface area (Å²) in [4.78, 5) is 13.2. The van der Waals surface area contributed by atoms with Gasteiger partial charge in [0.05, 0.1) is 11.3 Å². The number of hydrogen-bond acceptors (Lipinski definition) is 4. The van der Waals surface area contributed by atoms with E-state index in [0.29, 0.717) is 24.6 Å². The molecule has 0 saturated carbocycles. The van der Waals surface area contributed by atoms with Crippen molar-refractivity contribution in [2.75, 3.05) is 33.2 Å². The molecule has 1 aromatic rings. The van der Waals surface area contributed by atoms with E-state index in [4.69, 9.17) is 5.11 Å². The number of fused-ring (bicyclic) bond motifs is 1. The van der Waals surface area contributed by atoms with Gasteiger partial charge in [0.15, 0.2) is 0 Å². The summed E-state index contributed by atoms with van der Waals surface area (Å²) >= 11 is 0. The highest BCUT2D eigenvalue weighted by Crippen LogP contribution is 2.43. The predicted octanol–water partition coefficient (Wildman–Crippen LogP) is 0.886. The molecule has 3 rings (SSSR count). The van der Waals surface area contributed by atoms with Crippen LogP contribution in [-0.2, 0) is 21.2 Å². The molecule has 2 aliphatic rings. The Bertz CT molecular complexity index is 716. The van der Waals surface area contributed by atoms with Crippen molar-refractivity contribution in [3.8, 4) is 0 Å². The van der Waals surface area contributed by atoms with E-state index in [1.54, 1.807) is 16.4 Å². The number of hydrogen-bond donors (Lipinski definition) is 1. The molecule has 2 heterocycles. The highest BCUT2D eigenvalue weighted by Gasteiger charge is 2.51. The average Bonchev–Trinajstić information content (AvgIpc) is 2.89. The van der Waals surface area contributed by atoms with Gasteiger partial charge in [0, 0.05) is 26.2 Å². The van der Waals surface area contributed by atoms with E-state index in [-0.39, 0.29) is 16.7 Å². The molecule has 126 valence electrons. The molecule has 0 radical (unpaired) electrons. The van der Waals surface area contributed by atoms with Gasteiger partial charge in [-0.15, -0.1) is 0 Å². The molecule has 0 unspecified atom stereocenters. The Labute approximate surface area is 136 Å². The highest BCUT2D eigenvalue weighted by molar-refractivity contribution is 7.89. The van der Waals surface area contributed by atoms with Gasteiger partial charge in [-0.1, -0.05) is 19.1 Å². The van der Waals surface area contributed by atoms with E-state index in [1.807, 2.05) is 0 Å². The normalized spacial score (nSPS) is 28.9. The predicted molar refractivity (Wildman–Crippen MR) is 85.6 cm³/mol. The average molecular weight is 338 g/mol. The van der Waals surface area contributed by atoms with Crippen molar-refractivity contribution in [1.29, 1.82) is 0 Å². The lowest BCUT2D eigenvalue weighted by Gasteiger charge is -2.23. The maximum atomic E-state index is 12.8. The molecule has 0 aliphatic carbocycles. The van der Waals surface area contributed by atoms with Crippen LogP contribution in [0.15, 0.2) is 29.2 Å². The molecule has 6 nitrogen and oxygen atoms in total. The van der Waals surface area contributed by atoms with Crippen LogP contribution in [-0.4, -0.2) is 61.9 Å². The molecule has 2 saturated heterocycles. The van der Waals surface area contributed by atoms with Gasteiger partial charge in [-0.25, -0.2) is 8.42 Å². The summed E-state index contributed by atoms with van der Waals surface area (Å²) in [6.45, 7) is 5.11. The smallest absolute Gasteiger partial charge is 0.307 e. The van der Waals surface area contributed by atoms with Gasteiger partial charge in [-0.2, -0.15) is 4.31 Å². The zero-order valence-corrected chi connectivity index (χ0v) is 14.2. The molecule has 2 atom stereocenters. The Kier molecular flexibility index (Phi) is 3.98. The number of carbonyl (C=O) groups is 1. The third kappa shape index (κ3) is 3.00. The second-order valence-corrected chi connectivity index (χ2v) is 9.00. The van der Waals surface area contributed by atoms with Gasteiger partial charge in [-0.05, 0) is 36.1 Å². The first-order valence-electron chi connectivity index (χ1n) is 7.70. The Morgan fingerprint density at radius 3 is 2.48 bits per heavy atom. The summed E-state index contributed by atoms with van der Waals surface area (Å²) in [5.74, 6) is -0.557. The number of rotatable bonds is 4. The number of likely N-dealkylation sites (tertiary alicyclic amines) is 1. The summed E-state index contributed by atoms with van der Waals surface area (Å²) < 4.78 is 27.2. The van der Waals surface area contributed by atoms with Crippen LogP contribution in [0.3, 0.4) is 0 Å². The lowest BCUT2D eigenvalue weighted by atomic mass is 9.83. The van der Waals surface area contributed by atoms with E-state index in [1.165, 1.54) is 12.1 Å². The SMILES string of the molecule is CN1C[C@@H]2CN(S(=O)(=O)c3ccc(CC(=O)O)cc3)C[C@]2(C)C1. The summed E-state index contributed by atoms with van der Waals surface area (Å²) in [6.07, 6.45) is -0.101. The van der Waals surface area contributed by atoms with Crippen LogP contribution in [0.2, 0.25) is 0 Å². The van der Waals surface area contributed by atoms with Crippen LogP contribution in [0, 0.1) is 11.3 Å². The van der Waals surface area contributed by atoms with E-state index in [0.717, 1.165) is 13.1 Å². The minimum Gasteiger partial charge on any atom is -0.481 e. The van der Waals surface area contributed by atoms with Gasteiger partial charge >= 0.3 is 5.97 Å². The fourth-order valence-electron chi connectivity index (χ4n) is 3.86. The number of aliphatic carboxylic acids is 1. The number of carboxylic acid groups (broad SMARTS) is 1. The molecule has 0 amide bonds. The summed E-state index contributed by atoms with van der Waals surface area (Å²) in [7, 11) is -1.44. The molecule has 7 heteroatoms. The standard InChI is InChI=1S/C16H22N2O4S/c1-16-10-17(2)8-13(16)9-18(11-16)23(21,22)14-5-3-12(4-6-14)7-15(19)20/h3-6,13H,7-11H2,1-2H3,(H,19,20)/t13-,16+/m1/s1. The number of carboxylic acids is 1. The van der Waals surface area contributed by atoms with Crippen molar-refractivity contribution in [3.05, 3.63) is 29.8 Å². The molecule has 0 aromatic heterocycles. The van der Waals surface area contributed by atoms with E-state index in [2.05, 4.69) is 18.9 Å². The zero-order valence-electron chi connectivity index (χ0n) is 13.4. The van der Waals surface area contributed by atoms with Crippen molar-refractivity contribution >= 4 is 16.0 Å². The lowest BCUT2D eigenvalue weighted by Crippen LogP contribution is -2.34. The molecular weight excluding hydrogens is 316 g/mol. The molecule has 2 fully saturated rings. The van der Waals surface area contributed by atoms with Crippen LogP contribution < -0.4 is 0 Å². The van der Waals surface area contributed by atoms with Crippen molar-refractivity contribution in [2.24, 2.45) is 11.3 Å². The summed E-state index contributed by atoms with van der Waals surface area (Å²) in [5.41, 5.74) is 0.619. The third-order valence-electron chi connectivity index (χ3n) is 5.03. The summed E-state index contributed by atoms with van der Waals surface area (Å²) in [6, 6.07) is 6.17. The van der Waals surface area contributed by atoms with Crippen LogP contribution in [0.1, 0.15) is 12.5 Å². The van der Waals surface area contributed by atoms with Crippen molar-refractivity contribution in [1.82, 2.24) is 9.21 Å². The van der Waals surface area contributed by atoms with E-state index < -0.39 is 16.0 Å². The van der Waals surface area contributed by atoms with Crippen molar-refractivity contribution in [2.45, 2.75) is 18.2 Å². The molecule has 0 bridgehead atoms. The van der Waals surface area contributed by atoms with Gasteiger partial charge in [0.2, 0.25) is 10.0 Å². The van der Waals surface area contributed by atoms with E-state index >= 15 is 0 Å². The van der Waals surface area contributed by atoms with Crippen LogP contribution >= 0.6 is 0 Å². The Morgan fingerprint density at radius 1 is 1.26 bits per heavy atom. The number of nitrogens with zero attached hydrogens (tertiary/aromatic N) is 2. The Balaban J connectivity index is 1.79. The molecular formula is C16H22N2O4S. The molecule has 23 heavy (non-hydrogen) atoms. The molecule has 1 N–H and O–H groups in total. The maximum Gasteiger partial charge on any atom is 0.307 e. The first kappa shape index (κ1) is 16.4. The minimum absolute atomic E-state index is 0.0189. The van der Waals surface area contributed by atoms with Crippen LogP contribution in [0.4, 0.5) is 0 Å². The van der Waals surface area contributed by atoms with Gasteiger partial charge in [-0.3, -0.25) is 4.79 Å². The monoisotopic (exact) mass is 338 g/mol. The molecule has 0 spiro atoms. The Morgan fingerprint density at radius 2 is 1.91 bits per heavy atom. The molecule has 1 aromatic carbocycles. The zero-order chi connectivity index (χ0) is 16.8. The quantitative estimate of drug-likeness (QED) is 0.882. The van der Waals surface area contributed by atoms with Gasteiger partial charge in [0.25, 0.3) is 0 Å². The third-order valence-corrected chi connectivity index (χ3v) is 6.85. The maximum absolute atomic E-state index is 12.8. The fourth-order valence-corrected chi connectivity index (χ4v) is 5.48. The highest BCUT2D eigenvalue weighted by atomic mass is 32.2. The minimum atomic E-state index is -3.51. The second-order valence-electron chi connectivity index (χ2n) is 7.06. The lowest BCUT2D eigenvalue weighted by molar-refractivity contribution is -0.136. The van der Waals surface area contributed by atoms with Crippen molar-refractivity contribution in [3.63, 3.8) is 0 Å². The summed E-state index contributed by atoms with van der Waals surface area (Å²) in [5, 5.41) is 8.78. The second kappa shape index (κ2) is 5.58. The number of sulfonamides is 1. The largest absolute Gasteiger partial charge is 0.481 e. The van der Waals surface area contributed by atoms with Crippen molar-refractivity contribution < 1.29 is 18.3 Å². The van der Waals surface area contributed by atoms with Crippen LogP contribution in [0.25, 0.3) is 0 Å². The van der Waals surface area contributed by atoms with E-state index in [9.17, 15) is 13.2 Å². The van der Waals surface area contributed by atoms with Gasteiger partial charge < -0.3 is 10.0 Å². The molecule has 2 aliphatic heterocycles. The van der Waals surface area contributed by atoms with Gasteiger partial charge in [0.1, 0.15) is 0 Å². The Hall–Kier alpha value is -1.44. The first-order chi connectivity index (χ1) is 10.7. The first-order valence-corrected chi connectivity index (χ1v) is 9.14. The van der Waals surface area contributed by atoms with Crippen LogP contribution in [0.5, 0.6) is 0 Å².